The van der Waals surface area contributed by atoms with Crippen LogP contribution in [-0.4, -0.2) is 26.5 Å². The maximum Gasteiger partial charge on any atom is 0.186 e. The lowest BCUT2D eigenvalue weighted by atomic mass is 10.1. The van der Waals surface area contributed by atoms with E-state index in [1.807, 2.05) is 7.05 Å². The molecule has 20 heavy (non-hydrogen) atoms. The Kier molecular flexibility index (Phi) is 5.16. The van der Waals surface area contributed by atoms with Crippen LogP contribution in [0.25, 0.3) is 0 Å². The zero-order chi connectivity index (χ0) is 14.4. The van der Waals surface area contributed by atoms with E-state index in [-0.39, 0.29) is 12.4 Å². The number of benzene rings is 1. The minimum Gasteiger partial charge on any atom is -0.395 e. The van der Waals surface area contributed by atoms with Crippen molar-refractivity contribution in [3.05, 3.63) is 41.5 Å². The summed E-state index contributed by atoms with van der Waals surface area (Å²) in [7, 11) is 1.82. The highest BCUT2D eigenvalue weighted by Gasteiger charge is 2.06. The third-order valence-corrected chi connectivity index (χ3v) is 3.64. The summed E-state index contributed by atoms with van der Waals surface area (Å²) in [5, 5.41) is 13.5. The van der Waals surface area contributed by atoms with Crippen LogP contribution in [0, 0.1) is 17.7 Å². The van der Waals surface area contributed by atoms with Gasteiger partial charge in [-0.25, -0.2) is 14.1 Å². The van der Waals surface area contributed by atoms with Crippen LogP contribution in [0.1, 0.15) is 17.5 Å². The minimum absolute atomic E-state index is 0.00530. The highest BCUT2D eigenvalue weighted by Crippen LogP contribution is 2.22. The number of aryl methyl sites for hydroxylation is 1. The van der Waals surface area contributed by atoms with Gasteiger partial charge >= 0.3 is 0 Å². The summed E-state index contributed by atoms with van der Waals surface area (Å²) >= 11 is 1.52. The molecule has 0 saturated heterocycles. The predicted molar refractivity (Wildman–Crippen MR) is 75.5 cm³/mol. The van der Waals surface area contributed by atoms with E-state index in [0.29, 0.717) is 17.7 Å². The van der Waals surface area contributed by atoms with Crippen molar-refractivity contribution in [2.45, 2.75) is 17.3 Å². The lowest BCUT2D eigenvalue weighted by molar-refractivity contribution is 0.305. The number of halogens is 1. The highest BCUT2D eigenvalue weighted by atomic mass is 32.2. The second-order valence-electron chi connectivity index (χ2n) is 4.03. The topological polar surface area (TPSA) is 50.9 Å². The molecule has 1 N–H and O–H groups in total. The van der Waals surface area contributed by atoms with Crippen LogP contribution in [-0.2, 0) is 12.8 Å². The first-order chi connectivity index (χ1) is 9.70. The number of rotatable bonds is 4. The molecule has 104 valence electrons. The highest BCUT2D eigenvalue weighted by molar-refractivity contribution is 7.98. The number of thioether (sulfide) groups is 1. The normalized spacial score (nSPS) is 10.2. The van der Waals surface area contributed by atoms with Gasteiger partial charge in [0.2, 0.25) is 0 Å². The molecule has 0 aliphatic carbocycles. The molecule has 0 spiro atoms. The third-order valence-electron chi connectivity index (χ3n) is 2.56. The van der Waals surface area contributed by atoms with E-state index in [0.717, 1.165) is 10.7 Å². The summed E-state index contributed by atoms with van der Waals surface area (Å²) in [5.41, 5.74) is 1.58. The van der Waals surface area contributed by atoms with Crippen molar-refractivity contribution < 1.29 is 9.50 Å². The first-order valence-corrected chi connectivity index (χ1v) is 7.04. The summed E-state index contributed by atoms with van der Waals surface area (Å²) < 4.78 is 15.0. The van der Waals surface area contributed by atoms with Gasteiger partial charge in [-0.05, 0) is 17.7 Å². The van der Waals surface area contributed by atoms with E-state index in [9.17, 15) is 4.39 Å². The van der Waals surface area contributed by atoms with E-state index >= 15 is 0 Å². The molecule has 2 aromatic rings. The molecule has 0 saturated carbocycles. The van der Waals surface area contributed by atoms with Gasteiger partial charge in [0.15, 0.2) is 5.16 Å². The Hall–Kier alpha value is -1.84. The molecule has 0 radical (unpaired) electrons. The molecule has 4 nitrogen and oxygen atoms in total. The summed E-state index contributed by atoms with van der Waals surface area (Å²) in [4.78, 5) is 4.13. The quantitative estimate of drug-likeness (QED) is 0.691. The zero-order valence-electron chi connectivity index (χ0n) is 11.0. The van der Waals surface area contributed by atoms with Gasteiger partial charge in [0, 0.05) is 24.8 Å². The number of aliphatic hydroxyl groups is 1. The summed E-state index contributed by atoms with van der Waals surface area (Å²) in [6, 6.07) is 4.56. The van der Waals surface area contributed by atoms with Crippen molar-refractivity contribution in [2.75, 3.05) is 6.61 Å². The predicted octanol–water partition coefficient (Wildman–Crippen LogP) is 1.98. The van der Waals surface area contributed by atoms with Crippen LogP contribution in [0.2, 0.25) is 0 Å². The molecular formula is C14H14FN3OS. The minimum atomic E-state index is -0.314. The van der Waals surface area contributed by atoms with E-state index in [2.05, 4.69) is 21.9 Å². The van der Waals surface area contributed by atoms with Crippen molar-refractivity contribution in [1.29, 1.82) is 0 Å². The molecule has 0 fully saturated rings. The molecular weight excluding hydrogens is 277 g/mol. The second-order valence-corrected chi connectivity index (χ2v) is 4.97. The van der Waals surface area contributed by atoms with Gasteiger partial charge in [0.1, 0.15) is 12.1 Å². The largest absolute Gasteiger partial charge is 0.395 e. The molecule has 1 aromatic carbocycles. The standard InChI is InChI=1S/C14H14FN3OS/c1-18-14(16-10-17-18)20-9-12-5-6-13(15)8-11(12)4-2-3-7-19/h5-6,8,10,19H,3,7,9H2,1H3. The summed E-state index contributed by atoms with van der Waals surface area (Å²) in [5.74, 6) is 6.03. The first-order valence-electron chi connectivity index (χ1n) is 6.05. The molecule has 0 amide bonds. The van der Waals surface area contributed by atoms with Gasteiger partial charge in [0.25, 0.3) is 0 Å². The Bertz CT molecular complexity index is 645. The van der Waals surface area contributed by atoms with Gasteiger partial charge < -0.3 is 5.11 Å². The monoisotopic (exact) mass is 291 g/mol. The van der Waals surface area contributed by atoms with Crippen molar-refractivity contribution >= 4 is 11.8 Å². The Morgan fingerprint density at radius 3 is 3.00 bits per heavy atom. The van der Waals surface area contributed by atoms with Gasteiger partial charge in [-0.1, -0.05) is 29.7 Å². The summed E-state index contributed by atoms with van der Waals surface area (Å²) in [6.07, 6.45) is 1.88. The van der Waals surface area contributed by atoms with Gasteiger partial charge in [-0.15, -0.1) is 0 Å². The molecule has 0 aliphatic heterocycles. The van der Waals surface area contributed by atoms with Crippen LogP contribution in [0.15, 0.2) is 29.7 Å². The lowest BCUT2D eigenvalue weighted by Gasteiger charge is -2.04. The Balaban J connectivity index is 2.15. The molecule has 6 heteroatoms. The fraction of sp³-hybridized carbons (Fsp3) is 0.286. The molecule has 0 bridgehead atoms. The Labute approximate surface area is 121 Å². The van der Waals surface area contributed by atoms with Crippen LogP contribution in [0.4, 0.5) is 4.39 Å². The van der Waals surface area contributed by atoms with Crippen LogP contribution in [0.3, 0.4) is 0 Å². The molecule has 2 rings (SSSR count). The van der Waals surface area contributed by atoms with Crippen molar-refractivity contribution in [3.8, 4) is 11.8 Å². The maximum absolute atomic E-state index is 13.3. The lowest BCUT2D eigenvalue weighted by Crippen LogP contribution is -1.95. The van der Waals surface area contributed by atoms with E-state index in [1.54, 1.807) is 10.7 Å². The second kappa shape index (κ2) is 7.08. The van der Waals surface area contributed by atoms with Gasteiger partial charge in [-0.2, -0.15) is 5.10 Å². The van der Waals surface area contributed by atoms with E-state index in [1.165, 1.54) is 30.2 Å². The van der Waals surface area contributed by atoms with Crippen molar-refractivity contribution in [2.24, 2.45) is 7.05 Å². The fourth-order valence-electron chi connectivity index (χ4n) is 1.56. The van der Waals surface area contributed by atoms with Crippen molar-refractivity contribution in [1.82, 2.24) is 14.8 Å². The Morgan fingerprint density at radius 2 is 2.30 bits per heavy atom. The van der Waals surface area contributed by atoms with E-state index in [4.69, 9.17) is 5.11 Å². The van der Waals surface area contributed by atoms with Gasteiger partial charge in [0.05, 0.1) is 6.61 Å². The van der Waals surface area contributed by atoms with Crippen LogP contribution in [0.5, 0.6) is 0 Å². The molecule has 1 aromatic heterocycles. The molecule has 0 unspecified atom stereocenters. The first kappa shape index (κ1) is 14.6. The summed E-state index contributed by atoms with van der Waals surface area (Å²) in [6.45, 7) is 0.00530. The van der Waals surface area contributed by atoms with Crippen molar-refractivity contribution in [3.63, 3.8) is 0 Å². The SMILES string of the molecule is Cn1ncnc1SCc1ccc(F)cc1C#CCCO. The molecule has 0 aliphatic rings. The number of aliphatic hydroxyl groups excluding tert-OH is 1. The molecule has 1 heterocycles. The third kappa shape index (κ3) is 3.83. The smallest absolute Gasteiger partial charge is 0.186 e. The Morgan fingerprint density at radius 1 is 1.45 bits per heavy atom. The van der Waals surface area contributed by atoms with Crippen LogP contribution >= 0.6 is 11.8 Å². The zero-order valence-corrected chi connectivity index (χ0v) is 11.8. The molecule has 0 atom stereocenters. The van der Waals surface area contributed by atoms with Gasteiger partial charge in [-0.3, -0.25) is 0 Å². The number of hydrogen-bond donors (Lipinski definition) is 1. The average molecular weight is 291 g/mol. The van der Waals surface area contributed by atoms with Crippen LogP contribution < -0.4 is 0 Å². The number of hydrogen-bond acceptors (Lipinski definition) is 4. The fourth-order valence-corrected chi connectivity index (χ4v) is 2.46. The number of aromatic nitrogens is 3. The van der Waals surface area contributed by atoms with E-state index < -0.39 is 0 Å². The number of nitrogens with zero attached hydrogens (tertiary/aromatic N) is 3. The average Bonchev–Trinajstić information content (AvgIpc) is 2.84. The maximum atomic E-state index is 13.3.